The summed E-state index contributed by atoms with van der Waals surface area (Å²) in [5.41, 5.74) is 1.01. The molecule has 1 fully saturated rings. The molecule has 2 aliphatic rings. The molecule has 4 rings (SSSR count). The molecule has 3 atom stereocenters. The fraction of sp³-hybridized carbons (Fsp3) is 0.312. The van der Waals surface area contributed by atoms with E-state index in [1.807, 2.05) is 0 Å². The van der Waals surface area contributed by atoms with Crippen molar-refractivity contribution in [1.29, 1.82) is 0 Å². The van der Waals surface area contributed by atoms with E-state index in [9.17, 15) is 35.6 Å². The van der Waals surface area contributed by atoms with Crippen molar-refractivity contribution in [1.82, 2.24) is 0 Å². The van der Waals surface area contributed by atoms with E-state index in [0.717, 1.165) is 0 Å². The quantitative estimate of drug-likeness (QED) is 0.196. The van der Waals surface area contributed by atoms with E-state index >= 15 is 0 Å². The molecule has 0 aliphatic heterocycles. The number of halogens is 5. The van der Waals surface area contributed by atoms with Crippen molar-refractivity contribution in [2.45, 2.75) is 35.7 Å². The largest absolute Gasteiger partial charge is 0.618 e. The van der Waals surface area contributed by atoms with Crippen LogP contribution in [0.15, 0.2) is 23.2 Å². The average molecular weight is 407 g/mol. The van der Waals surface area contributed by atoms with Gasteiger partial charge in [-0.2, -0.15) is 13.1 Å². The number of benzene rings is 1. The Labute approximate surface area is 149 Å². The minimum absolute atomic E-state index is 0.0680. The fourth-order valence-corrected chi connectivity index (χ4v) is 5.17. The maximum absolute atomic E-state index is 13.8. The second-order valence-electron chi connectivity index (χ2n) is 6.44. The van der Waals surface area contributed by atoms with Crippen LogP contribution in [0.5, 0.6) is 0 Å². The lowest BCUT2D eigenvalue weighted by atomic mass is 9.94. The van der Waals surface area contributed by atoms with Crippen molar-refractivity contribution in [2.75, 3.05) is 0 Å². The molecule has 0 amide bonds. The summed E-state index contributed by atoms with van der Waals surface area (Å²) in [4.78, 5) is -2.02. The molecule has 1 heterocycles. The van der Waals surface area contributed by atoms with Gasteiger partial charge < -0.3 is 5.21 Å². The van der Waals surface area contributed by atoms with Gasteiger partial charge in [0.1, 0.15) is 0 Å². The van der Waals surface area contributed by atoms with Crippen molar-refractivity contribution in [3.63, 3.8) is 0 Å². The Balaban J connectivity index is 1.71. The van der Waals surface area contributed by atoms with E-state index in [1.165, 1.54) is 12.3 Å². The number of hydrogen-bond donors (Lipinski definition) is 0. The van der Waals surface area contributed by atoms with Crippen LogP contribution in [-0.2, 0) is 14.3 Å². The molecule has 0 spiro atoms. The Morgan fingerprint density at radius 1 is 1.00 bits per heavy atom. The van der Waals surface area contributed by atoms with Gasteiger partial charge in [0.15, 0.2) is 40.1 Å². The zero-order valence-corrected chi connectivity index (χ0v) is 14.1. The van der Waals surface area contributed by atoms with Crippen molar-refractivity contribution in [3.8, 4) is 0 Å². The summed E-state index contributed by atoms with van der Waals surface area (Å²) < 4.78 is 97.5. The van der Waals surface area contributed by atoms with Crippen molar-refractivity contribution in [3.05, 3.63) is 63.9 Å². The highest BCUT2D eigenvalue weighted by Crippen LogP contribution is 2.53. The molecular weight excluding hydrogens is 397 g/mol. The number of fused-ring (bicyclic) bond motifs is 5. The Morgan fingerprint density at radius 3 is 2.22 bits per heavy atom. The van der Waals surface area contributed by atoms with Gasteiger partial charge in [0.25, 0.3) is 0 Å². The number of hydrogen-bond acceptors (Lipinski definition) is 4. The summed E-state index contributed by atoms with van der Waals surface area (Å²) in [7, 11) is -5.28. The first-order valence-corrected chi connectivity index (χ1v) is 9.21. The normalized spacial score (nSPS) is 23.7. The van der Waals surface area contributed by atoms with Crippen LogP contribution in [0.25, 0.3) is 0 Å². The fourth-order valence-electron chi connectivity index (χ4n) is 3.92. The van der Waals surface area contributed by atoms with Crippen LogP contribution in [0.4, 0.5) is 22.0 Å². The highest BCUT2D eigenvalue weighted by molar-refractivity contribution is 7.86. The lowest BCUT2D eigenvalue weighted by molar-refractivity contribution is -0.615. The van der Waals surface area contributed by atoms with Crippen LogP contribution < -0.4 is 4.73 Å². The predicted molar refractivity (Wildman–Crippen MR) is 78.4 cm³/mol. The van der Waals surface area contributed by atoms with Crippen LogP contribution in [-0.4, -0.2) is 14.5 Å². The van der Waals surface area contributed by atoms with E-state index in [0.29, 0.717) is 22.4 Å². The highest BCUT2D eigenvalue weighted by atomic mass is 32.2. The molecule has 0 saturated heterocycles. The van der Waals surface area contributed by atoms with Gasteiger partial charge in [-0.25, -0.2) is 22.0 Å². The first kappa shape index (κ1) is 18.1. The third-order valence-corrected chi connectivity index (χ3v) is 6.35. The van der Waals surface area contributed by atoms with E-state index in [2.05, 4.69) is 0 Å². The standard InChI is InChI=1S/C16H10F5NO4S/c17-10-11(18)13(20)16(14(21)12(10)19)27(24,25)26-9-5-6-4-8(9)7-2-1-3-22(23)15(6)7/h1-3,6,8-9H,4-5H2/t6-,8-,9+/m0/s1. The summed E-state index contributed by atoms with van der Waals surface area (Å²) in [6.07, 6.45) is 0.670. The zero-order valence-electron chi connectivity index (χ0n) is 13.3. The first-order chi connectivity index (χ1) is 12.6. The van der Waals surface area contributed by atoms with E-state index < -0.39 is 56.1 Å². The van der Waals surface area contributed by atoms with Gasteiger partial charge in [0.2, 0.25) is 5.82 Å². The van der Waals surface area contributed by atoms with Crippen LogP contribution in [0, 0.1) is 34.3 Å². The van der Waals surface area contributed by atoms with Crippen LogP contribution in [0.3, 0.4) is 0 Å². The molecule has 1 aromatic heterocycles. The number of nitrogens with zero attached hydrogens (tertiary/aromatic N) is 1. The highest BCUT2D eigenvalue weighted by Gasteiger charge is 2.51. The lowest BCUT2D eigenvalue weighted by Gasteiger charge is -2.23. The monoisotopic (exact) mass is 407 g/mol. The maximum Gasteiger partial charge on any atom is 0.303 e. The molecule has 27 heavy (non-hydrogen) atoms. The van der Waals surface area contributed by atoms with Crippen molar-refractivity contribution in [2.24, 2.45) is 0 Å². The van der Waals surface area contributed by atoms with E-state index in [-0.39, 0.29) is 12.3 Å². The molecule has 0 radical (unpaired) electrons. The zero-order chi connectivity index (χ0) is 19.7. The molecule has 1 aromatic carbocycles. The maximum atomic E-state index is 13.8. The van der Waals surface area contributed by atoms with Crippen LogP contribution in [0.1, 0.15) is 35.9 Å². The minimum Gasteiger partial charge on any atom is -0.618 e. The van der Waals surface area contributed by atoms with Gasteiger partial charge in [0.05, 0.1) is 6.10 Å². The molecule has 144 valence electrons. The first-order valence-electron chi connectivity index (χ1n) is 7.80. The Morgan fingerprint density at radius 2 is 1.59 bits per heavy atom. The molecule has 2 aromatic rings. The molecule has 11 heteroatoms. The van der Waals surface area contributed by atoms with Gasteiger partial charge in [-0.05, 0) is 18.9 Å². The smallest absolute Gasteiger partial charge is 0.303 e. The van der Waals surface area contributed by atoms with Gasteiger partial charge in [0, 0.05) is 23.5 Å². The Kier molecular flexibility index (Phi) is 3.93. The van der Waals surface area contributed by atoms with Crippen LogP contribution in [0.2, 0.25) is 0 Å². The third kappa shape index (κ3) is 2.52. The summed E-state index contributed by atoms with van der Waals surface area (Å²) in [5, 5.41) is 11.9. The Bertz CT molecular complexity index is 1050. The van der Waals surface area contributed by atoms with Gasteiger partial charge in [-0.3, -0.25) is 4.18 Å². The minimum atomic E-state index is -5.28. The lowest BCUT2D eigenvalue weighted by Crippen LogP contribution is -2.36. The Hall–Kier alpha value is -2.27. The topological polar surface area (TPSA) is 70.3 Å². The molecule has 0 unspecified atom stereocenters. The average Bonchev–Trinajstić information content (AvgIpc) is 3.17. The molecule has 1 saturated carbocycles. The molecule has 2 bridgehead atoms. The van der Waals surface area contributed by atoms with Gasteiger partial charge in [-0.1, -0.05) is 0 Å². The summed E-state index contributed by atoms with van der Waals surface area (Å²) >= 11 is 0. The van der Waals surface area contributed by atoms with Gasteiger partial charge >= 0.3 is 10.1 Å². The summed E-state index contributed by atoms with van der Waals surface area (Å²) in [6, 6.07) is 3.07. The second-order valence-corrected chi connectivity index (χ2v) is 7.95. The van der Waals surface area contributed by atoms with Crippen molar-refractivity contribution < 1.29 is 39.3 Å². The van der Waals surface area contributed by atoms with E-state index in [1.54, 1.807) is 6.07 Å². The number of aromatic nitrogens is 1. The molecule has 0 N–H and O–H groups in total. The molecular formula is C16H10F5NO4S. The summed E-state index contributed by atoms with van der Waals surface area (Å²) in [5.74, 6) is -13.0. The number of rotatable bonds is 3. The second kappa shape index (κ2) is 5.86. The van der Waals surface area contributed by atoms with E-state index in [4.69, 9.17) is 4.18 Å². The van der Waals surface area contributed by atoms with Gasteiger partial charge in [-0.15, -0.1) is 0 Å². The van der Waals surface area contributed by atoms with Crippen molar-refractivity contribution >= 4 is 10.1 Å². The molecule has 5 nitrogen and oxygen atoms in total. The summed E-state index contributed by atoms with van der Waals surface area (Å²) in [6.45, 7) is 0. The number of pyridine rings is 1. The molecule has 2 aliphatic carbocycles. The van der Waals surface area contributed by atoms with Crippen LogP contribution >= 0.6 is 0 Å². The third-order valence-electron chi connectivity index (χ3n) is 4.99. The predicted octanol–water partition coefficient (Wildman–Crippen LogP) is 2.76. The SMILES string of the molecule is O=S(=O)(O[C@@H]1C[C@@H]2C[C@H]1c1ccc[n+]([O-])c12)c1c(F)c(F)c(F)c(F)c1F.